The lowest BCUT2D eigenvalue weighted by Crippen LogP contribution is -2.44. The van der Waals surface area contributed by atoms with Crippen LogP contribution in [0.3, 0.4) is 0 Å². The minimum atomic E-state index is -1.46. The normalized spacial score (nSPS) is 26.3. The van der Waals surface area contributed by atoms with E-state index in [-0.39, 0.29) is 12.0 Å². The maximum Gasteiger partial charge on any atom is 0.333 e. The van der Waals surface area contributed by atoms with Crippen LogP contribution in [0.15, 0.2) is 15.8 Å². The Morgan fingerprint density at radius 1 is 1.50 bits per heavy atom. The largest absolute Gasteiger partial charge is 0.394 e. The number of aliphatic hydroxyl groups is 3. The molecule has 1 aliphatic rings. The van der Waals surface area contributed by atoms with Gasteiger partial charge in [0.05, 0.1) is 19.3 Å². The van der Waals surface area contributed by atoms with Crippen molar-refractivity contribution >= 4 is 0 Å². The molecule has 3 N–H and O–H groups in total. The number of ether oxygens (including phenoxy) is 1. The number of hydrogen-bond acceptors (Lipinski definition) is 6. The summed E-state index contributed by atoms with van der Waals surface area (Å²) in [5.41, 5.74) is -1.17. The van der Waals surface area contributed by atoms with Crippen LogP contribution < -0.4 is 11.2 Å². The van der Waals surface area contributed by atoms with Crippen molar-refractivity contribution in [2.75, 3.05) is 13.3 Å². The van der Waals surface area contributed by atoms with Gasteiger partial charge in [-0.3, -0.25) is 13.9 Å². The number of aryl methyl sites for hydroxylation is 1. The van der Waals surface area contributed by atoms with Crippen LogP contribution in [0.4, 0.5) is 4.39 Å². The second kappa shape index (κ2) is 6.69. The van der Waals surface area contributed by atoms with E-state index in [1.54, 1.807) is 0 Å². The second-order valence-corrected chi connectivity index (χ2v) is 5.34. The molecule has 0 bridgehead atoms. The molecule has 1 aromatic heterocycles. The van der Waals surface area contributed by atoms with Crippen LogP contribution in [0.25, 0.3) is 0 Å². The number of halogens is 1. The van der Waals surface area contributed by atoms with Crippen LogP contribution in [-0.2, 0) is 11.3 Å². The lowest BCUT2D eigenvalue weighted by atomic mass is 10.2. The molecule has 22 heavy (non-hydrogen) atoms. The van der Waals surface area contributed by atoms with E-state index in [0.717, 1.165) is 9.13 Å². The van der Waals surface area contributed by atoms with Crippen molar-refractivity contribution in [3.63, 3.8) is 0 Å². The summed E-state index contributed by atoms with van der Waals surface area (Å²) in [6.45, 7) is -0.462. The predicted molar refractivity (Wildman–Crippen MR) is 73.3 cm³/mol. The Bertz CT molecular complexity index is 642. The predicted octanol–water partition coefficient (Wildman–Crippen LogP) is -1.71. The summed E-state index contributed by atoms with van der Waals surface area (Å²) in [6, 6.07) is 0. The first-order chi connectivity index (χ1) is 10.4. The standard InChI is InChI=1S/C13H19FN2O6/c1-7-4-15(11-2-9(19)10(6-17)22-11)13(21)16(12(7)20)5-8(18)3-14/h4,8-11,17-19H,2-3,5-6H2,1H3/t8?,9-,10-,11-/m1/s1. The fraction of sp³-hybridized carbons (Fsp3) is 0.692. The number of alkyl halides is 1. The van der Waals surface area contributed by atoms with Crippen molar-refractivity contribution in [3.8, 4) is 0 Å². The van der Waals surface area contributed by atoms with Crippen molar-refractivity contribution in [1.82, 2.24) is 9.13 Å². The van der Waals surface area contributed by atoms with Crippen LogP contribution >= 0.6 is 0 Å². The zero-order valence-electron chi connectivity index (χ0n) is 12.1. The van der Waals surface area contributed by atoms with E-state index < -0.39 is 55.6 Å². The summed E-state index contributed by atoms with van der Waals surface area (Å²) in [6.07, 6.45) is -2.67. The third-order valence-electron chi connectivity index (χ3n) is 3.63. The van der Waals surface area contributed by atoms with Gasteiger partial charge in [-0.1, -0.05) is 0 Å². The number of aromatic nitrogens is 2. The SMILES string of the molecule is Cc1cn([C@H]2C[C@@H](O)[C@@H](CO)O2)c(=O)n(CC(O)CF)c1=O. The summed E-state index contributed by atoms with van der Waals surface area (Å²) >= 11 is 0. The highest BCUT2D eigenvalue weighted by Crippen LogP contribution is 2.27. The molecule has 2 heterocycles. The van der Waals surface area contributed by atoms with E-state index in [0.29, 0.717) is 0 Å². The van der Waals surface area contributed by atoms with E-state index in [4.69, 9.17) is 9.84 Å². The molecule has 0 amide bonds. The molecule has 1 unspecified atom stereocenters. The van der Waals surface area contributed by atoms with Gasteiger partial charge in [0.25, 0.3) is 5.56 Å². The van der Waals surface area contributed by atoms with Crippen molar-refractivity contribution in [3.05, 3.63) is 32.6 Å². The molecule has 0 spiro atoms. The van der Waals surface area contributed by atoms with Crippen molar-refractivity contribution in [2.45, 2.75) is 44.4 Å². The minimum Gasteiger partial charge on any atom is -0.394 e. The first-order valence-electron chi connectivity index (χ1n) is 6.90. The van der Waals surface area contributed by atoms with Gasteiger partial charge in [-0.05, 0) is 6.92 Å². The fourth-order valence-corrected chi connectivity index (χ4v) is 2.44. The Balaban J connectivity index is 2.42. The Morgan fingerprint density at radius 3 is 2.73 bits per heavy atom. The Labute approximate surface area is 125 Å². The third kappa shape index (κ3) is 3.12. The number of hydrogen-bond donors (Lipinski definition) is 3. The average molecular weight is 318 g/mol. The molecular weight excluding hydrogens is 299 g/mol. The first kappa shape index (κ1) is 16.8. The number of nitrogens with zero attached hydrogens (tertiary/aromatic N) is 2. The molecule has 1 saturated heterocycles. The maximum atomic E-state index is 12.4. The smallest absolute Gasteiger partial charge is 0.333 e. The van der Waals surface area contributed by atoms with Gasteiger partial charge in [-0.15, -0.1) is 0 Å². The highest BCUT2D eigenvalue weighted by atomic mass is 19.1. The maximum absolute atomic E-state index is 12.4. The molecule has 124 valence electrons. The minimum absolute atomic E-state index is 0.0778. The van der Waals surface area contributed by atoms with Gasteiger partial charge in [0.2, 0.25) is 0 Å². The Morgan fingerprint density at radius 2 is 2.18 bits per heavy atom. The van der Waals surface area contributed by atoms with Gasteiger partial charge >= 0.3 is 5.69 Å². The third-order valence-corrected chi connectivity index (χ3v) is 3.63. The molecule has 0 aromatic carbocycles. The molecular formula is C13H19FN2O6. The molecule has 2 rings (SSSR count). The fourth-order valence-electron chi connectivity index (χ4n) is 2.44. The van der Waals surface area contributed by atoms with Crippen LogP contribution in [0.5, 0.6) is 0 Å². The van der Waals surface area contributed by atoms with E-state index in [9.17, 15) is 24.2 Å². The van der Waals surface area contributed by atoms with E-state index in [2.05, 4.69) is 0 Å². The molecule has 1 fully saturated rings. The van der Waals surface area contributed by atoms with Crippen LogP contribution in [0, 0.1) is 6.92 Å². The van der Waals surface area contributed by atoms with E-state index in [1.165, 1.54) is 13.1 Å². The molecule has 0 radical (unpaired) electrons. The van der Waals surface area contributed by atoms with Crippen LogP contribution in [0.1, 0.15) is 18.2 Å². The Kier molecular flexibility index (Phi) is 5.12. The molecule has 4 atom stereocenters. The average Bonchev–Trinajstić information content (AvgIpc) is 2.87. The topological polar surface area (TPSA) is 114 Å². The monoisotopic (exact) mass is 318 g/mol. The highest BCUT2D eigenvalue weighted by molar-refractivity contribution is 5.04. The summed E-state index contributed by atoms with van der Waals surface area (Å²) in [5.74, 6) is 0. The van der Waals surface area contributed by atoms with Gasteiger partial charge in [-0.2, -0.15) is 0 Å². The van der Waals surface area contributed by atoms with Gasteiger partial charge in [-0.25, -0.2) is 9.18 Å². The second-order valence-electron chi connectivity index (χ2n) is 5.34. The van der Waals surface area contributed by atoms with Gasteiger partial charge in [0.15, 0.2) is 0 Å². The lowest BCUT2D eigenvalue weighted by Gasteiger charge is -2.18. The van der Waals surface area contributed by atoms with Crippen molar-refractivity contribution < 1.29 is 24.4 Å². The van der Waals surface area contributed by atoms with E-state index >= 15 is 0 Å². The van der Waals surface area contributed by atoms with Crippen molar-refractivity contribution in [2.24, 2.45) is 0 Å². The molecule has 8 nitrogen and oxygen atoms in total. The first-order valence-corrected chi connectivity index (χ1v) is 6.90. The summed E-state index contributed by atoms with van der Waals surface area (Å²) in [5, 5.41) is 28.1. The number of aliphatic hydroxyl groups excluding tert-OH is 3. The molecule has 9 heteroatoms. The highest BCUT2D eigenvalue weighted by Gasteiger charge is 2.35. The molecule has 1 aliphatic heterocycles. The van der Waals surface area contributed by atoms with Gasteiger partial charge in [0, 0.05) is 18.2 Å². The molecule has 0 saturated carbocycles. The summed E-state index contributed by atoms with van der Waals surface area (Å²) in [4.78, 5) is 24.3. The molecule has 0 aliphatic carbocycles. The quantitative estimate of drug-likeness (QED) is 0.596. The van der Waals surface area contributed by atoms with Gasteiger partial charge < -0.3 is 20.1 Å². The number of rotatable bonds is 5. The Hall–Kier alpha value is -1.55. The molecule has 1 aromatic rings. The van der Waals surface area contributed by atoms with Crippen LogP contribution in [0.2, 0.25) is 0 Å². The summed E-state index contributed by atoms with van der Waals surface area (Å²) < 4.78 is 19.7. The zero-order chi connectivity index (χ0) is 16.4. The summed E-state index contributed by atoms with van der Waals surface area (Å²) in [7, 11) is 0. The zero-order valence-corrected chi connectivity index (χ0v) is 12.1. The van der Waals surface area contributed by atoms with E-state index in [1.807, 2.05) is 0 Å². The van der Waals surface area contributed by atoms with Crippen molar-refractivity contribution in [1.29, 1.82) is 0 Å². The van der Waals surface area contributed by atoms with Gasteiger partial charge in [0.1, 0.15) is 25.1 Å². The van der Waals surface area contributed by atoms with Crippen LogP contribution in [-0.4, -0.2) is 56.0 Å². The lowest BCUT2D eigenvalue weighted by molar-refractivity contribution is -0.0465.